The minimum absolute atomic E-state index is 0. The van der Waals surface area contributed by atoms with Crippen LogP contribution in [0.15, 0.2) is 4.99 Å². The molecule has 0 aliphatic carbocycles. The monoisotopic (exact) mass is 479 g/mol. The first-order valence-corrected chi connectivity index (χ1v) is 10.1. The summed E-state index contributed by atoms with van der Waals surface area (Å²) in [6.45, 7) is 13.5. The van der Waals surface area contributed by atoms with Gasteiger partial charge in [0.15, 0.2) is 5.96 Å². The number of hydrogen-bond donors (Lipinski definition) is 2. The summed E-state index contributed by atoms with van der Waals surface area (Å²) in [5, 5.41) is 6.74. The van der Waals surface area contributed by atoms with E-state index < -0.39 is 0 Å². The number of guanidine groups is 1. The Hall–Kier alpha value is -0.570. The zero-order valence-electron chi connectivity index (χ0n) is 16.8. The molecule has 2 aliphatic heterocycles. The maximum atomic E-state index is 11.6. The van der Waals surface area contributed by atoms with Gasteiger partial charge in [0.1, 0.15) is 0 Å². The van der Waals surface area contributed by atoms with E-state index in [1.807, 2.05) is 4.90 Å². The average Bonchev–Trinajstić information content (AvgIpc) is 3.01. The summed E-state index contributed by atoms with van der Waals surface area (Å²) in [5.74, 6) is 2.01. The van der Waals surface area contributed by atoms with E-state index in [-0.39, 0.29) is 24.0 Å². The molecule has 0 saturated carbocycles. The number of hydrogen-bond acceptors (Lipinski definition) is 3. The van der Waals surface area contributed by atoms with Gasteiger partial charge in [-0.3, -0.25) is 14.7 Å². The van der Waals surface area contributed by atoms with Gasteiger partial charge >= 0.3 is 0 Å². The number of carbonyl (C=O) groups is 1. The fraction of sp³-hybridized carbons (Fsp3) is 0.895. The van der Waals surface area contributed by atoms with Gasteiger partial charge in [0, 0.05) is 45.2 Å². The number of nitrogens with one attached hydrogen (secondary N) is 2. The molecule has 0 radical (unpaired) electrons. The van der Waals surface area contributed by atoms with Crippen molar-refractivity contribution in [1.82, 2.24) is 20.4 Å². The minimum atomic E-state index is 0. The maximum absolute atomic E-state index is 11.6. The van der Waals surface area contributed by atoms with E-state index in [1.165, 1.54) is 25.9 Å². The van der Waals surface area contributed by atoms with Crippen LogP contribution in [-0.2, 0) is 4.79 Å². The predicted molar refractivity (Wildman–Crippen MR) is 119 cm³/mol. The van der Waals surface area contributed by atoms with Crippen molar-refractivity contribution in [2.45, 2.75) is 58.9 Å². The third-order valence-electron chi connectivity index (χ3n) is 5.24. The molecule has 0 aromatic heterocycles. The molecule has 2 heterocycles. The molecule has 0 aromatic rings. The van der Waals surface area contributed by atoms with E-state index >= 15 is 0 Å². The Bertz CT molecular complexity index is 446. The van der Waals surface area contributed by atoms with Gasteiger partial charge in [-0.1, -0.05) is 6.92 Å². The maximum Gasteiger partial charge on any atom is 0.222 e. The second kappa shape index (κ2) is 12.8. The summed E-state index contributed by atoms with van der Waals surface area (Å²) in [7, 11) is 0. The highest BCUT2D eigenvalue weighted by Gasteiger charge is 2.21. The van der Waals surface area contributed by atoms with E-state index in [0.29, 0.717) is 11.9 Å². The molecule has 26 heavy (non-hydrogen) atoms. The molecular formula is C19H38IN5O. The first kappa shape index (κ1) is 23.5. The van der Waals surface area contributed by atoms with Gasteiger partial charge in [-0.2, -0.15) is 0 Å². The van der Waals surface area contributed by atoms with Crippen LogP contribution in [0.4, 0.5) is 0 Å². The fourth-order valence-corrected chi connectivity index (χ4v) is 3.72. The molecular weight excluding hydrogens is 441 g/mol. The van der Waals surface area contributed by atoms with Crippen LogP contribution >= 0.6 is 24.0 Å². The van der Waals surface area contributed by atoms with E-state index in [0.717, 1.165) is 63.9 Å². The van der Waals surface area contributed by atoms with Crippen molar-refractivity contribution in [1.29, 1.82) is 0 Å². The van der Waals surface area contributed by atoms with Crippen molar-refractivity contribution in [3.05, 3.63) is 0 Å². The van der Waals surface area contributed by atoms with Crippen molar-refractivity contribution in [2.24, 2.45) is 10.9 Å². The smallest absolute Gasteiger partial charge is 0.222 e. The Balaban J connectivity index is 0.00000338. The van der Waals surface area contributed by atoms with Crippen LogP contribution in [-0.4, -0.2) is 73.5 Å². The van der Waals surface area contributed by atoms with Crippen LogP contribution in [0.1, 0.15) is 52.9 Å². The quantitative estimate of drug-likeness (QED) is 0.243. The van der Waals surface area contributed by atoms with Crippen LogP contribution in [0.5, 0.6) is 0 Å². The molecule has 2 aliphatic rings. The zero-order chi connectivity index (χ0) is 18.1. The molecule has 2 rings (SSSR count). The summed E-state index contributed by atoms with van der Waals surface area (Å²) in [6, 6.07) is 0.487. The first-order chi connectivity index (χ1) is 12.1. The molecule has 7 heteroatoms. The number of carbonyl (C=O) groups excluding carboxylic acids is 1. The molecule has 2 atom stereocenters. The van der Waals surface area contributed by atoms with Crippen LogP contribution < -0.4 is 10.6 Å². The minimum Gasteiger partial charge on any atom is -0.357 e. The zero-order valence-corrected chi connectivity index (χ0v) is 19.1. The Kier molecular flexibility index (Phi) is 11.5. The van der Waals surface area contributed by atoms with Gasteiger partial charge in [-0.05, 0) is 52.0 Å². The van der Waals surface area contributed by atoms with Crippen molar-refractivity contribution < 1.29 is 4.79 Å². The second-order valence-electron chi connectivity index (χ2n) is 7.58. The standard InChI is InChI=1S/C19H37N5O.HI/c1-4-20-19(21-10-7-13-23-11-6-9-18(23)25)22-14-17(3)24-12-5-8-16(2)15-24;/h16-17H,4-15H2,1-3H3,(H2,20,21,22);1H. The Morgan fingerprint density at radius 2 is 2.12 bits per heavy atom. The van der Waals surface area contributed by atoms with Gasteiger partial charge in [-0.15, -0.1) is 24.0 Å². The van der Waals surface area contributed by atoms with Crippen molar-refractivity contribution in [3.8, 4) is 0 Å². The Morgan fingerprint density at radius 3 is 2.77 bits per heavy atom. The molecule has 6 nitrogen and oxygen atoms in total. The molecule has 2 unspecified atom stereocenters. The molecule has 0 aromatic carbocycles. The highest BCUT2D eigenvalue weighted by atomic mass is 127. The van der Waals surface area contributed by atoms with Crippen LogP contribution in [0, 0.1) is 5.92 Å². The lowest BCUT2D eigenvalue weighted by Gasteiger charge is -2.35. The first-order valence-electron chi connectivity index (χ1n) is 10.1. The Labute approximate surface area is 176 Å². The van der Waals surface area contributed by atoms with Gasteiger partial charge in [0.2, 0.25) is 5.91 Å². The number of rotatable bonds is 8. The number of amides is 1. The van der Waals surface area contributed by atoms with Crippen LogP contribution in [0.3, 0.4) is 0 Å². The number of likely N-dealkylation sites (tertiary alicyclic amines) is 2. The highest BCUT2D eigenvalue weighted by Crippen LogP contribution is 2.17. The molecule has 2 saturated heterocycles. The van der Waals surface area contributed by atoms with E-state index in [2.05, 4.69) is 36.3 Å². The van der Waals surface area contributed by atoms with Gasteiger partial charge in [-0.25, -0.2) is 0 Å². The molecule has 2 N–H and O–H groups in total. The molecule has 2 fully saturated rings. The third kappa shape index (κ3) is 7.98. The summed E-state index contributed by atoms with van der Waals surface area (Å²) >= 11 is 0. The number of nitrogens with zero attached hydrogens (tertiary/aromatic N) is 3. The normalized spacial score (nSPS) is 22.9. The number of halogens is 1. The lowest BCUT2D eigenvalue weighted by Crippen LogP contribution is -2.43. The van der Waals surface area contributed by atoms with Crippen LogP contribution in [0.2, 0.25) is 0 Å². The van der Waals surface area contributed by atoms with Crippen LogP contribution in [0.25, 0.3) is 0 Å². The van der Waals surface area contributed by atoms with Crippen molar-refractivity contribution in [3.63, 3.8) is 0 Å². The summed E-state index contributed by atoms with van der Waals surface area (Å²) < 4.78 is 0. The van der Waals surface area contributed by atoms with Gasteiger partial charge in [0.05, 0.1) is 6.54 Å². The van der Waals surface area contributed by atoms with E-state index in [4.69, 9.17) is 4.99 Å². The average molecular weight is 479 g/mol. The van der Waals surface area contributed by atoms with E-state index in [9.17, 15) is 4.79 Å². The van der Waals surface area contributed by atoms with Crippen molar-refractivity contribution >= 4 is 35.8 Å². The van der Waals surface area contributed by atoms with E-state index in [1.54, 1.807) is 0 Å². The SMILES string of the molecule is CCNC(=NCC(C)N1CCCC(C)C1)NCCCN1CCCC1=O.I. The largest absolute Gasteiger partial charge is 0.357 e. The van der Waals surface area contributed by atoms with Crippen molar-refractivity contribution in [2.75, 3.05) is 45.8 Å². The molecule has 152 valence electrons. The number of piperidine rings is 1. The molecule has 1 amide bonds. The Morgan fingerprint density at radius 1 is 1.31 bits per heavy atom. The topological polar surface area (TPSA) is 60.0 Å². The summed E-state index contributed by atoms with van der Waals surface area (Å²) in [6.07, 6.45) is 5.38. The lowest BCUT2D eigenvalue weighted by atomic mass is 9.99. The lowest BCUT2D eigenvalue weighted by molar-refractivity contribution is -0.127. The summed E-state index contributed by atoms with van der Waals surface area (Å²) in [5.41, 5.74) is 0. The molecule has 0 spiro atoms. The fourth-order valence-electron chi connectivity index (χ4n) is 3.72. The third-order valence-corrected chi connectivity index (χ3v) is 5.24. The second-order valence-corrected chi connectivity index (χ2v) is 7.58. The summed E-state index contributed by atoms with van der Waals surface area (Å²) in [4.78, 5) is 20.9. The van der Waals surface area contributed by atoms with Gasteiger partial charge < -0.3 is 15.5 Å². The highest BCUT2D eigenvalue weighted by molar-refractivity contribution is 14.0. The van der Waals surface area contributed by atoms with Gasteiger partial charge in [0.25, 0.3) is 0 Å². The number of aliphatic imine (C=N–C) groups is 1. The molecule has 0 bridgehead atoms. The predicted octanol–water partition coefficient (Wildman–Crippen LogP) is 2.29.